The Kier molecular flexibility index (Phi) is 6.01. The van der Waals surface area contributed by atoms with E-state index in [1.165, 1.54) is 25.7 Å². The summed E-state index contributed by atoms with van der Waals surface area (Å²) in [4.78, 5) is 10.7. The quantitative estimate of drug-likeness (QED) is 0.705. The summed E-state index contributed by atoms with van der Waals surface area (Å²) >= 11 is 0. The number of rotatable bonds is 1. The first-order chi connectivity index (χ1) is 6.38. The van der Waals surface area contributed by atoms with Crippen LogP contribution in [0.25, 0.3) is 0 Å². The molecule has 0 aromatic heterocycles. The summed E-state index contributed by atoms with van der Waals surface area (Å²) in [7, 11) is 0. The molecule has 0 aromatic carbocycles. The minimum Gasteiger partial charge on any atom is -0.324 e. The van der Waals surface area contributed by atoms with Crippen LogP contribution in [0.2, 0.25) is 0 Å². The number of carbonyl (C=O) groups excluding carboxylic acids is 1. The minimum absolute atomic E-state index is 0.109. The molecule has 0 heterocycles. The zero-order valence-corrected chi connectivity index (χ0v) is 10.1. The van der Waals surface area contributed by atoms with Crippen molar-refractivity contribution in [3.63, 3.8) is 0 Å². The summed E-state index contributed by atoms with van der Waals surface area (Å²) in [5.74, 6) is 1.16. The molecule has 2 N–H and O–H groups in total. The van der Waals surface area contributed by atoms with Crippen LogP contribution < -0.4 is 5.73 Å². The van der Waals surface area contributed by atoms with E-state index in [1.54, 1.807) is 0 Å². The summed E-state index contributed by atoms with van der Waals surface area (Å²) in [5.41, 5.74) is 4.85. The Morgan fingerprint density at radius 1 is 1.29 bits per heavy atom. The SMILES string of the molecule is CC(C)(C)C(=O)CN.CC1CCCC1. The van der Waals surface area contributed by atoms with Crippen molar-refractivity contribution >= 4 is 5.78 Å². The van der Waals surface area contributed by atoms with E-state index in [1.807, 2.05) is 20.8 Å². The molecule has 1 rings (SSSR count). The summed E-state index contributed by atoms with van der Waals surface area (Å²) in [6, 6.07) is 0. The van der Waals surface area contributed by atoms with Gasteiger partial charge in [-0.15, -0.1) is 0 Å². The fraction of sp³-hybridized carbons (Fsp3) is 0.917. The van der Waals surface area contributed by atoms with Crippen molar-refractivity contribution in [1.82, 2.24) is 0 Å². The molecule has 0 aliphatic heterocycles. The molecular weight excluding hydrogens is 174 g/mol. The topological polar surface area (TPSA) is 43.1 Å². The van der Waals surface area contributed by atoms with Gasteiger partial charge in [0.05, 0.1) is 6.54 Å². The average molecular weight is 199 g/mol. The van der Waals surface area contributed by atoms with E-state index in [9.17, 15) is 4.79 Å². The molecule has 2 heteroatoms. The lowest BCUT2D eigenvalue weighted by Gasteiger charge is -2.13. The smallest absolute Gasteiger partial charge is 0.151 e. The van der Waals surface area contributed by atoms with Crippen molar-refractivity contribution in [2.45, 2.75) is 53.4 Å². The van der Waals surface area contributed by atoms with E-state index in [2.05, 4.69) is 6.92 Å². The third-order valence-corrected chi connectivity index (χ3v) is 2.67. The number of hydrogen-bond donors (Lipinski definition) is 1. The van der Waals surface area contributed by atoms with Crippen molar-refractivity contribution in [3.8, 4) is 0 Å². The summed E-state index contributed by atoms with van der Waals surface area (Å²) < 4.78 is 0. The van der Waals surface area contributed by atoms with E-state index in [-0.39, 0.29) is 17.7 Å². The summed E-state index contributed by atoms with van der Waals surface area (Å²) in [5, 5.41) is 0. The third kappa shape index (κ3) is 6.14. The van der Waals surface area contributed by atoms with Gasteiger partial charge in [0.2, 0.25) is 0 Å². The van der Waals surface area contributed by atoms with Crippen LogP contribution in [0.4, 0.5) is 0 Å². The second-order valence-electron chi connectivity index (χ2n) is 5.27. The molecule has 1 fully saturated rings. The van der Waals surface area contributed by atoms with Crippen molar-refractivity contribution in [3.05, 3.63) is 0 Å². The second kappa shape index (κ2) is 6.18. The fourth-order valence-corrected chi connectivity index (χ4v) is 1.44. The van der Waals surface area contributed by atoms with Gasteiger partial charge in [0.1, 0.15) is 0 Å². The van der Waals surface area contributed by atoms with Crippen LogP contribution in [0.1, 0.15) is 53.4 Å². The number of carbonyl (C=O) groups is 1. The average Bonchev–Trinajstić information content (AvgIpc) is 2.54. The number of nitrogens with two attached hydrogens (primary N) is 1. The van der Waals surface area contributed by atoms with E-state index in [4.69, 9.17) is 5.73 Å². The molecule has 0 atom stereocenters. The highest BCUT2D eigenvalue weighted by Gasteiger charge is 2.18. The number of hydrogen-bond acceptors (Lipinski definition) is 2. The molecule has 84 valence electrons. The molecule has 0 unspecified atom stereocenters. The lowest BCUT2D eigenvalue weighted by molar-refractivity contribution is -0.124. The molecule has 0 amide bonds. The summed E-state index contributed by atoms with van der Waals surface area (Å²) in [6.45, 7) is 8.09. The molecule has 1 saturated carbocycles. The van der Waals surface area contributed by atoms with Crippen molar-refractivity contribution in [2.75, 3.05) is 6.54 Å². The van der Waals surface area contributed by atoms with E-state index < -0.39 is 0 Å². The largest absolute Gasteiger partial charge is 0.324 e. The first kappa shape index (κ1) is 13.6. The molecule has 14 heavy (non-hydrogen) atoms. The van der Waals surface area contributed by atoms with Gasteiger partial charge in [-0.05, 0) is 5.92 Å². The molecular formula is C12H25NO. The maximum Gasteiger partial charge on any atom is 0.151 e. The van der Waals surface area contributed by atoms with Crippen molar-refractivity contribution in [2.24, 2.45) is 17.1 Å². The molecule has 0 aromatic rings. The Labute approximate surface area is 88.3 Å². The van der Waals surface area contributed by atoms with Gasteiger partial charge in [-0.3, -0.25) is 4.79 Å². The third-order valence-electron chi connectivity index (χ3n) is 2.67. The highest BCUT2D eigenvalue weighted by atomic mass is 16.1. The standard InChI is InChI=1S/C6H13NO.C6H12/c1-6(2,3)5(8)4-7;1-6-4-2-3-5-6/h4,7H2,1-3H3;6H,2-5H2,1H3. The maximum atomic E-state index is 10.7. The highest BCUT2D eigenvalue weighted by Crippen LogP contribution is 2.22. The van der Waals surface area contributed by atoms with Crippen LogP contribution in [0.3, 0.4) is 0 Å². The van der Waals surface area contributed by atoms with Gasteiger partial charge < -0.3 is 5.73 Å². The normalized spacial score (nSPS) is 17.5. The number of ketones is 1. The van der Waals surface area contributed by atoms with Gasteiger partial charge >= 0.3 is 0 Å². The van der Waals surface area contributed by atoms with E-state index in [0.717, 1.165) is 5.92 Å². The van der Waals surface area contributed by atoms with Crippen LogP contribution in [0.15, 0.2) is 0 Å². The highest BCUT2D eigenvalue weighted by molar-refractivity contribution is 5.85. The second-order valence-corrected chi connectivity index (χ2v) is 5.27. The lowest BCUT2D eigenvalue weighted by Crippen LogP contribution is -2.27. The zero-order chi connectivity index (χ0) is 11.2. The van der Waals surface area contributed by atoms with Gasteiger partial charge in [0.25, 0.3) is 0 Å². The fourth-order valence-electron chi connectivity index (χ4n) is 1.44. The monoisotopic (exact) mass is 199 g/mol. The molecule has 1 aliphatic carbocycles. The predicted octanol–water partition coefficient (Wildman–Crippen LogP) is 2.76. The first-order valence-corrected chi connectivity index (χ1v) is 5.61. The first-order valence-electron chi connectivity index (χ1n) is 5.61. The Balaban J connectivity index is 0.000000249. The van der Waals surface area contributed by atoms with Gasteiger partial charge in [-0.2, -0.15) is 0 Å². The van der Waals surface area contributed by atoms with Crippen molar-refractivity contribution in [1.29, 1.82) is 0 Å². The molecule has 0 bridgehead atoms. The Bertz CT molecular complexity index is 164. The Morgan fingerprint density at radius 3 is 1.79 bits per heavy atom. The molecule has 0 spiro atoms. The van der Waals surface area contributed by atoms with Gasteiger partial charge in [-0.1, -0.05) is 53.4 Å². The van der Waals surface area contributed by atoms with Crippen LogP contribution in [-0.2, 0) is 4.79 Å². The molecule has 0 radical (unpaired) electrons. The van der Waals surface area contributed by atoms with Gasteiger partial charge in [0.15, 0.2) is 5.78 Å². The van der Waals surface area contributed by atoms with E-state index >= 15 is 0 Å². The Morgan fingerprint density at radius 2 is 1.71 bits per heavy atom. The van der Waals surface area contributed by atoms with Crippen molar-refractivity contribution < 1.29 is 4.79 Å². The maximum absolute atomic E-state index is 10.7. The zero-order valence-electron chi connectivity index (χ0n) is 10.1. The molecule has 0 saturated heterocycles. The van der Waals surface area contributed by atoms with Crippen LogP contribution in [-0.4, -0.2) is 12.3 Å². The van der Waals surface area contributed by atoms with Crippen LogP contribution in [0.5, 0.6) is 0 Å². The van der Waals surface area contributed by atoms with Gasteiger partial charge in [-0.25, -0.2) is 0 Å². The van der Waals surface area contributed by atoms with E-state index in [0.29, 0.717) is 0 Å². The summed E-state index contributed by atoms with van der Waals surface area (Å²) in [6.07, 6.45) is 5.95. The minimum atomic E-state index is -0.255. The molecule has 2 nitrogen and oxygen atoms in total. The van der Waals surface area contributed by atoms with Crippen LogP contribution >= 0.6 is 0 Å². The van der Waals surface area contributed by atoms with Gasteiger partial charge in [0, 0.05) is 5.41 Å². The Hall–Kier alpha value is -0.370. The van der Waals surface area contributed by atoms with Crippen LogP contribution in [0, 0.1) is 11.3 Å². The number of Topliss-reactive ketones (excluding diaryl/α,β-unsaturated/α-hetero) is 1. The predicted molar refractivity (Wildman–Crippen MR) is 61.1 cm³/mol. The lowest BCUT2D eigenvalue weighted by atomic mass is 9.91. The molecule has 1 aliphatic rings.